The number of aromatic nitrogens is 3. The Bertz CT molecular complexity index is 575. The molecule has 0 radical (unpaired) electrons. The standard InChI is InChI=1S/C12H16N4OS/c1-3-9-7-14-10(18-9)8-15-11-12(17)16(4-2)6-5-13-11/h5-7H,3-4,8H2,1-2H3,(H,13,15). The first-order valence-electron chi connectivity index (χ1n) is 5.97. The van der Waals surface area contributed by atoms with Gasteiger partial charge in [0, 0.05) is 30.0 Å². The molecule has 0 aliphatic heterocycles. The third-order valence-corrected chi connectivity index (χ3v) is 3.75. The van der Waals surface area contributed by atoms with Crippen LogP contribution in [0.15, 0.2) is 23.4 Å². The summed E-state index contributed by atoms with van der Waals surface area (Å²) in [6.07, 6.45) is 6.19. The highest BCUT2D eigenvalue weighted by atomic mass is 32.1. The molecule has 0 fully saturated rings. The number of nitrogens with zero attached hydrogens (tertiary/aromatic N) is 3. The zero-order chi connectivity index (χ0) is 13.0. The van der Waals surface area contributed by atoms with Gasteiger partial charge in [-0.2, -0.15) is 0 Å². The molecule has 6 heteroatoms. The first-order chi connectivity index (χ1) is 8.74. The number of aryl methyl sites for hydroxylation is 2. The van der Waals surface area contributed by atoms with Gasteiger partial charge in [0.2, 0.25) is 0 Å². The van der Waals surface area contributed by atoms with E-state index in [0.29, 0.717) is 18.9 Å². The van der Waals surface area contributed by atoms with Gasteiger partial charge in [-0.05, 0) is 13.3 Å². The van der Waals surface area contributed by atoms with E-state index in [1.807, 2.05) is 13.1 Å². The highest BCUT2D eigenvalue weighted by Crippen LogP contribution is 2.13. The van der Waals surface area contributed by atoms with E-state index in [4.69, 9.17) is 0 Å². The smallest absolute Gasteiger partial charge is 0.293 e. The monoisotopic (exact) mass is 264 g/mol. The van der Waals surface area contributed by atoms with Gasteiger partial charge >= 0.3 is 0 Å². The molecule has 2 aromatic heterocycles. The Kier molecular flexibility index (Phi) is 4.09. The molecule has 0 amide bonds. The number of rotatable bonds is 5. The predicted molar refractivity (Wildman–Crippen MR) is 73.0 cm³/mol. The number of thiazole rings is 1. The lowest BCUT2D eigenvalue weighted by Gasteiger charge is -2.05. The van der Waals surface area contributed by atoms with Crippen LogP contribution < -0.4 is 10.9 Å². The van der Waals surface area contributed by atoms with E-state index in [0.717, 1.165) is 11.4 Å². The fraction of sp³-hybridized carbons (Fsp3) is 0.417. The van der Waals surface area contributed by atoms with E-state index in [2.05, 4.69) is 22.2 Å². The molecular weight excluding hydrogens is 248 g/mol. The topological polar surface area (TPSA) is 59.8 Å². The van der Waals surface area contributed by atoms with Crippen LogP contribution in [0.3, 0.4) is 0 Å². The summed E-state index contributed by atoms with van der Waals surface area (Å²) in [7, 11) is 0. The molecule has 1 N–H and O–H groups in total. The molecule has 0 saturated heterocycles. The zero-order valence-electron chi connectivity index (χ0n) is 10.5. The van der Waals surface area contributed by atoms with Crippen LogP contribution in [0.25, 0.3) is 0 Å². The molecular formula is C12H16N4OS. The molecule has 96 valence electrons. The van der Waals surface area contributed by atoms with Gasteiger partial charge in [0.1, 0.15) is 5.01 Å². The lowest BCUT2D eigenvalue weighted by molar-refractivity contribution is 0.718. The first-order valence-corrected chi connectivity index (χ1v) is 6.79. The van der Waals surface area contributed by atoms with E-state index in [1.165, 1.54) is 4.88 Å². The normalized spacial score (nSPS) is 10.6. The third-order valence-electron chi connectivity index (χ3n) is 2.61. The second-order valence-electron chi connectivity index (χ2n) is 3.79. The molecule has 18 heavy (non-hydrogen) atoms. The number of hydrogen-bond acceptors (Lipinski definition) is 5. The number of nitrogens with one attached hydrogen (secondary N) is 1. The predicted octanol–water partition coefficient (Wildman–Crippen LogP) is 1.89. The first kappa shape index (κ1) is 12.8. The number of anilines is 1. The van der Waals surface area contributed by atoms with Crippen LogP contribution in [0.1, 0.15) is 23.7 Å². The second-order valence-corrected chi connectivity index (χ2v) is 4.99. The minimum Gasteiger partial charge on any atom is -0.359 e. The van der Waals surface area contributed by atoms with Crippen molar-refractivity contribution in [1.29, 1.82) is 0 Å². The van der Waals surface area contributed by atoms with Crippen molar-refractivity contribution < 1.29 is 0 Å². The summed E-state index contributed by atoms with van der Waals surface area (Å²) in [5.74, 6) is 0.382. The SMILES string of the molecule is CCc1cnc(CNc2nccn(CC)c2=O)s1. The van der Waals surface area contributed by atoms with Crippen molar-refractivity contribution in [2.75, 3.05) is 5.32 Å². The van der Waals surface area contributed by atoms with Crippen molar-refractivity contribution in [3.63, 3.8) is 0 Å². The largest absolute Gasteiger partial charge is 0.359 e. The maximum Gasteiger partial charge on any atom is 0.293 e. The van der Waals surface area contributed by atoms with Gasteiger partial charge in [0.05, 0.1) is 6.54 Å². The molecule has 0 bridgehead atoms. The highest BCUT2D eigenvalue weighted by Gasteiger charge is 2.05. The van der Waals surface area contributed by atoms with Gasteiger partial charge in [0.15, 0.2) is 5.82 Å². The van der Waals surface area contributed by atoms with Crippen molar-refractivity contribution in [2.24, 2.45) is 0 Å². The Morgan fingerprint density at radius 1 is 1.39 bits per heavy atom. The fourth-order valence-corrected chi connectivity index (χ4v) is 2.37. The van der Waals surface area contributed by atoms with Gasteiger partial charge in [-0.25, -0.2) is 9.97 Å². The fourth-order valence-electron chi connectivity index (χ4n) is 1.57. The van der Waals surface area contributed by atoms with Crippen molar-refractivity contribution in [3.05, 3.63) is 38.8 Å². The Labute approximate surface area is 110 Å². The molecule has 2 heterocycles. The molecule has 0 unspecified atom stereocenters. The van der Waals surface area contributed by atoms with Crippen molar-refractivity contribution >= 4 is 17.2 Å². The third kappa shape index (κ3) is 2.76. The van der Waals surface area contributed by atoms with E-state index in [-0.39, 0.29) is 5.56 Å². The summed E-state index contributed by atoms with van der Waals surface area (Å²) in [5, 5.41) is 4.02. The van der Waals surface area contributed by atoms with E-state index >= 15 is 0 Å². The Hall–Kier alpha value is -1.69. The van der Waals surface area contributed by atoms with Crippen LogP contribution in [0.5, 0.6) is 0 Å². The Balaban J connectivity index is 2.08. The summed E-state index contributed by atoms with van der Waals surface area (Å²) < 4.78 is 1.62. The average Bonchev–Trinajstić information content (AvgIpc) is 2.85. The van der Waals surface area contributed by atoms with Gasteiger partial charge in [0.25, 0.3) is 5.56 Å². The van der Waals surface area contributed by atoms with Crippen LogP contribution in [0, 0.1) is 0 Å². The van der Waals surface area contributed by atoms with Crippen LogP contribution in [-0.2, 0) is 19.5 Å². The molecule has 2 aromatic rings. The molecule has 0 aromatic carbocycles. The van der Waals surface area contributed by atoms with E-state index in [9.17, 15) is 4.79 Å². The quantitative estimate of drug-likeness (QED) is 0.896. The molecule has 0 spiro atoms. The highest BCUT2D eigenvalue weighted by molar-refractivity contribution is 7.11. The van der Waals surface area contributed by atoms with E-state index < -0.39 is 0 Å². The molecule has 0 atom stereocenters. The maximum absolute atomic E-state index is 11.9. The van der Waals surface area contributed by atoms with Gasteiger partial charge in [-0.3, -0.25) is 4.79 Å². The van der Waals surface area contributed by atoms with Gasteiger partial charge in [-0.15, -0.1) is 11.3 Å². The summed E-state index contributed by atoms with van der Waals surface area (Å²) >= 11 is 1.66. The molecule has 5 nitrogen and oxygen atoms in total. The van der Waals surface area contributed by atoms with Gasteiger partial charge in [-0.1, -0.05) is 6.92 Å². The molecule has 0 saturated carbocycles. The van der Waals surface area contributed by atoms with Crippen LogP contribution in [-0.4, -0.2) is 14.5 Å². The number of hydrogen-bond donors (Lipinski definition) is 1. The lowest BCUT2D eigenvalue weighted by atomic mass is 10.4. The van der Waals surface area contributed by atoms with Gasteiger partial charge < -0.3 is 9.88 Å². The van der Waals surface area contributed by atoms with Crippen LogP contribution in [0.4, 0.5) is 5.82 Å². The summed E-state index contributed by atoms with van der Waals surface area (Å²) in [5.41, 5.74) is -0.0905. The molecule has 2 rings (SSSR count). The summed E-state index contributed by atoms with van der Waals surface area (Å²) in [4.78, 5) is 21.5. The van der Waals surface area contributed by atoms with Crippen molar-refractivity contribution in [2.45, 2.75) is 33.4 Å². The molecule has 0 aliphatic rings. The average molecular weight is 264 g/mol. The zero-order valence-corrected chi connectivity index (χ0v) is 11.3. The lowest BCUT2D eigenvalue weighted by Crippen LogP contribution is -2.23. The van der Waals surface area contributed by atoms with Crippen LogP contribution >= 0.6 is 11.3 Å². The van der Waals surface area contributed by atoms with Crippen molar-refractivity contribution in [3.8, 4) is 0 Å². The second kappa shape index (κ2) is 5.77. The minimum atomic E-state index is -0.0905. The molecule has 0 aliphatic carbocycles. The maximum atomic E-state index is 11.9. The van der Waals surface area contributed by atoms with Crippen molar-refractivity contribution in [1.82, 2.24) is 14.5 Å². The Morgan fingerprint density at radius 3 is 2.89 bits per heavy atom. The van der Waals surface area contributed by atoms with E-state index in [1.54, 1.807) is 28.3 Å². The minimum absolute atomic E-state index is 0.0905. The summed E-state index contributed by atoms with van der Waals surface area (Å²) in [6.45, 7) is 5.22. The van der Waals surface area contributed by atoms with Crippen LogP contribution in [0.2, 0.25) is 0 Å². The summed E-state index contributed by atoms with van der Waals surface area (Å²) in [6, 6.07) is 0. The Morgan fingerprint density at radius 2 is 2.22 bits per heavy atom.